The van der Waals surface area contributed by atoms with Crippen LogP contribution in [-0.2, 0) is 0 Å². The van der Waals surface area contributed by atoms with E-state index in [0.717, 1.165) is 17.0 Å². The zero-order chi connectivity index (χ0) is 11.9. The number of benzene rings is 1. The summed E-state index contributed by atoms with van der Waals surface area (Å²) in [4.78, 5) is 4.39. The molecule has 86 valence electrons. The second-order valence-electron chi connectivity index (χ2n) is 4.99. The summed E-state index contributed by atoms with van der Waals surface area (Å²) in [6, 6.07) is 4.32. The molecule has 0 aliphatic carbocycles. The quantitative estimate of drug-likeness (QED) is 0.746. The van der Waals surface area contributed by atoms with E-state index in [0.29, 0.717) is 11.8 Å². The Balaban J connectivity index is 2.70. The molecule has 1 aromatic carbocycles. The van der Waals surface area contributed by atoms with Crippen LogP contribution in [0, 0.1) is 6.92 Å². The highest BCUT2D eigenvalue weighted by atomic mass is 16.3. The summed E-state index contributed by atoms with van der Waals surface area (Å²) in [7, 11) is 0. The van der Waals surface area contributed by atoms with Crippen molar-refractivity contribution in [2.24, 2.45) is 0 Å². The highest BCUT2D eigenvalue weighted by Gasteiger charge is 2.14. The summed E-state index contributed by atoms with van der Waals surface area (Å²) in [5.41, 5.74) is 4.64. The first-order valence-corrected chi connectivity index (χ1v) is 5.90. The Morgan fingerprint density at radius 1 is 1.00 bits per heavy atom. The molecule has 0 bridgehead atoms. The first-order chi connectivity index (χ1) is 7.49. The summed E-state index contributed by atoms with van der Waals surface area (Å²) >= 11 is 0. The molecule has 0 amide bonds. The van der Waals surface area contributed by atoms with E-state index in [1.807, 2.05) is 6.92 Å². The van der Waals surface area contributed by atoms with Crippen molar-refractivity contribution in [1.82, 2.24) is 4.98 Å². The average Bonchev–Trinajstić information content (AvgIpc) is 2.54. The lowest BCUT2D eigenvalue weighted by Crippen LogP contribution is -1.98. The van der Waals surface area contributed by atoms with Gasteiger partial charge in [0.2, 0.25) is 0 Å². The number of aryl methyl sites for hydroxylation is 1. The lowest BCUT2D eigenvalue weighted by molar-refractivity contribution is 0.560. The molecule has 0 fully saturated rings. The minimum atomic E-state index is 0.521. The molecule has 1 heterocycles. The molecule has 0 saturated heterocycles. The van der Waals surface area contributed by atoms with Crippen molar-refractivity contribution in [3.05, 3.63) is 29.2 Å². The highest BCUT2D eigenvalue weighted by Crippen LogP contribution is 2.30. The van der Waals surface area contributed by atoms with Gasteiger partial charge >= 0.3 is 0 Å². The van der Waals surface area contributed by atoms with Gasteiger partial charge in [0.25, 0.3) is 0 Å². The van der Waals surface area contributed by atoms with Crippen LogP contribution in [0.1, 0.15) is 56.5 Å². The third kappa shape index (κ3) is 1.84. The van der Waals surface area contributed by atoms with Crippen LogP contribution >= 0.6 is 0 Å². The number of aromatic nitrogens is 1. The third-order valence-corrected chi connectivity index (χ3v) is 2.94. The highest BCUT2D eigenvalue weighted by molar-refractivity contribution is 5.75. The fourth-order valence-corrected chi connectivity index (χ4v) is 2.12. The van der Waals surface area contributed by atoms with Gasteiger partial charge in [0.05, 0.1) is 0 Å². The Hall–Kier alpha value is -1.31. The molecule has 0 aliphatic rings. The second-order valence-corrected chi connectivity index (χ2v) is 4.99. The van der Waals surface area contributed by atoms with E-state index >= 15 is 0 Å². The zero-order valence-corrected chi connectivity index (χ0v) is 10.7. The van der Waals surface area contributed by atoms with Crippen molar-refractivity contribution in [3.63, 3.8) is 0 Å². The van der Waals surface area contributed by atoms with Gasteiger partial charge in [0.15, 0.2) is 11.5 Å². The molecule has 2 nitrogen and oxygen atoms in total. The van der Waals surface area contributed by atoms with Crippen LogP contribution in [0.5, 0.6) is 0 Å². The summed E-state index contributed by atoms with van der Waals surface area (Å²) in [6.07, 6.45) is 0. The first-order valence-electron chi connectivity index (χ1n) is 5.90. The van der Waals surface area contributed by atoms with Crippen molar-refractivity contribution in [1.29, 1.82) is 0 Å². The summed E-state index contributed by atoms with van der Waals surface area (Å²) in [5, 5.41) is 0. The Labute approximate surface area is 96.7 Å². The van der Waals surface area contributed by atoms with Crippen molar-refractivity contribution in [2.45, 2.75) is 46.5 Å². The molecule has 2 heteroatoms. The maximum absolute atomic E-state index is 5.58. The van der Waals surface area contributed by atoms with Gasteiger partial charge < -0.3 is 4.42 Å². The van der Waals surface area contributed by atoms with E-state index < -0.39 is 0 Å². The Morgan fingerprint density at radius 2 is 1.56 bits per heavy atom. The topological polar surface area (TPSA) is 26.0 Å². The minimum Gasteiger partial charge on any atom is -0.441 e. The molecule has 0 N–H and O–H groups in total. The van der Waals surface area contributed by atoms with Crippen LogP contribution in [0.4, 0.5) is 0 Å². The smallest absolute Gasteiger partial charge is 0.192 e. The molecular formula is C14H19NO. The van der Waals surface area contributed by atoms with Crippen LogP contribution < -0.4 is 0 Å². The maximum atomic E-state index is 5.58. The molecular weight excluding hydrogens is 198 g/mol. The average molecular weight is 217 g/mol. The SMILES string of the molecule is Cc1nc2cc(C(C)C)c(C(C)C)cc2o1. The number of nitrogens with zero attached hydrogens (tertiary/aromatic N) is 1. The van der Waals surface area contributed by atoms with Crippen LogP contribution in [0.3, 0.4) is 0 Å². The van der Waals surface area contributed by atoms with Gasteiger partial charge in [-0.25, -0.2) is 4.98 Å². The number of fused-ring (bicyclic) bond motifs is 1. The third-order valence-electron chi connectivity index (χ3n) is 2.94. The van der Waals surface area contributed by atoms with Gasteiger partial charge in [-0.15, -0.1) is 0 Å². The van der Waals surface area contributed by atoms with Gasteiger partial charge in [0.1, 0.15) is 5.52 Å². The van der Waals surface area contributed by atoms with Crippen molar-refractivity contribution in [2.75, 3.05) is 0 Å². The monoisotopic (exact) mass is 217 g/mol. The minimum absolute atomic E-state index is 0.521. The lowest BCUT2D eigenvalue weighted by Gasteiger charge is -2.15. The molecule has 1 aromatic heterocycles. The number of oxazole rings is 1. The molecule has 0 unspecified atom stereocenters. The normalized spacial score (nSPS) is 11.9. The molecule has 2 rings (SSSR count). The summed E-state index contributed by atoms with van der Waals surface area (Å²) in [5.74, 6) is 1.79. The zero-order valence-electron chi connectivity index (χ0n) is 10.7. The fourth-order valence-electron chi connectivity index (χ4n) is 2.12. The molecule has 0 radical (unpaired) electrons. The van der Waals surface area contributed by atoms with Gasteiger partial charge in [-0.3, -0.25) is 0 Å². The standard InChI is InChI=1S/C14H19NO/c1-8(2)11-6-13-14(16-10(5)15-13)7-12(11)9(3)4/h6-9H,1-5H3. The number of hydrogen-bond donors (Lipinski definition) is 0. The fraction of sp³-hybridized carbons (Fsp3) is 0.500. The van der Waals surface area contributed by atoms with Crippen molar-refractivity contribution < 1.29 is 4.42 Å². The van der Waals surface area contributed by atoms with Crippen molar-refractivity contribution in [3.8, 4) is 0 Å². The van der Waals surface area contributed by atoms with Gasteiger partial charge in [0, 0.05) is 6.92 Å². The van der Waals surface area contributed by atoms with Gasteiger partial charge in [-0.2, -0.15) is 0 Å². The van der Waals surface area contributed by atoms with E-state index in [-0.39, 0.29) is 0 Å². The van der Waals surface area contributed by atoms with Crippen LogP contribution in [-0.4, -0.2) is 4.98 Å². The van der Waals surface area contributed by atoms with Crippen LogP contribution in [0.25, 0.3) is 11.1 Å². The van der Waals surface area contributed by atoms with E-state index in [2.05, 4.69) is 44.8 Å². The van der Waals surface area contributed by atoms with Gasteiger partial charge in [-0.05, 0) is 35.1 Å². The van der Waals surface area contributed by atoms with Gasteiger partial charge in [-0.1, -0.05) is 27.7 Å². The molecule has 0 saturated carbocycles. The Bertz CT molecular complexity index is 464. The maximum Gasteiger partial charge on any atom is 0.192 e. The summed E-state index contributed by atoms with van der Waals surface area (Å²) in [6.45, 7) is 10.8. The molecule has 2 aromatic rings. The Kier molecular flexibility index (Phi) is 2.75. The Morgan fingerprint density at radius 3 is 2.12 bits per heavy atom. The molecule has 16 heavy (non-hydrogen) atoms. The summed E-state index contributed by atoms with van der Waals surface area (Å²) < 4.78 is 5.58. The van der Waals surface area contributed by atoms with E-state index in [9.17, 15) is 0 Å². The van der Waals surface area contributed by atoms with Crippen LogP contribution in [0.15, 0.2) is 16.5 Å². The van der Waals surface area contributed by atoms with E-state index in [1.54, 1.807) is 0 Å². The largest absolute Gasteiger partial charge is 0.441 e. The lowest BCUT2D eigenvalue weighted by atomic mass is 9.90. The van der Waals surface area contributed by atoms with Crippen molar-refractivity contribution >= 4 is 11.1 Å². The first kappa shape index (κ1) is 11.2. The molecule has 0 atom stereocenters. The van der Waals surface area contributed by atoms with E-state index in [1.165, 1.54) is 11.1 Å². The van der Waals surface area contributed by atoms with Crippen LogP contribution in [0.2, 0.25) is 0 Å². The molecule has 0 aliphatic heterocycles. The predicted molar refractivity (Wildman–Crippen MR) is 66.9 cm³/mol. The number of hydrogen-bond acceptors (Lipinski definition) is 2. The predicted octanol–water partition coefficient (Wildman–Crippen LogP) is 4.38. The second kappa shape index (κ2) is 3.93. The number of rotatable bonds is 2. The molecule has 0 spiro atoms. The van der Waals surface area contributed by atoms with E-state index in [4.69, 9.17) is 4.42 Å².